The molecular formula is C12H14ClN. The van der Waals surface area contributed by atoms with E-state index >= 15 is 0 Å². The van der Waals surface area contributed by atoms with Crippen molar-refractivity contribution < 1.29 is 0 Å². The first-order chi connectivity index (χ1) is 6.67. The highest BCUT2D eigenvalue weighted by molar-refractivity contribution is 6.30. The highest BCUT2D eigenvalue weighted by Crippen LogP contribution is 2.21. The molecule has 0 heterocycles. The SMILES string of the molecule is C#CCC(NC)c1cc(C)cc(Cl)c1. The standard InChI is InChI=1S/C12H14ClN/c1-4-5-12(14-3)10-6-9(2)7-11(13)8-10/h1,6-8,12,14H,5H2,2-3H3. The van der Waals surface area contributed by atoms with Crippen LogP contribution < -0.4 is 5.32 Å². The zero-order valence-electron chi connectivity index (χ0n) is 8.47. The van der Waals surface area contributed by atoms with Crippen LogP contribution in [0.15, 0.2) is 18.2 Å². The molecular weight excluding hydrogens is 194 g/mol. The molecule has 0 radical (unpaired) electrons. The van der Waals surface area contributed by atoms with Gasteiger partial charge in [-0.15, -0.1) is 12.3 Å². The third-order valence-electron chi connectivity index (χ3n) is 2.14. The third-order valence-corrected chi connectivity index (χ3v) is 2.36. The quantitative estimate of drug-likeness (QED) is 0.752. The van der Waals surface area contributed by atoms with Crippen LogP contribution in [0.5, 0.6) is 0 Å². The first kappa shape index (κ1) is 11.1. The number of nitrogens with one attached hydrogen (secondary N) is 1. The Kier molecular flexibility index (Phi) is 4.00. The van der Waals surface area contributed by atoms with E-state index in [4.69, 9.17) is 18.0 Å². The van der Waals surface area contributed by atoms with Crippen molar-refractivity contribution in [3.8, 4) is 12.3 Å². The van der Waals surface area contributed by atoms with Gasteiger partial charge in [-0.25, -0.2) is 0 Å². The van der Waals surface area contributed by atoms with Crippen LogP contribution in [0.2, 0.25) is 5.02 Å². The lowest BCUT2D eigenvalue weighted by Gasteiger charge is -2.14. The lowest BCUT2D eigenvalue weighted by molar-refractivity contribution is 0.611. The van der Waals surface area contributed by atoms with Crippen molar-refractivity contribution in [3.63, 3.8) is 0 Å². The van der Waals surface area contributed by atoms with Gasteiger partial charge in [0.2, 0.25) is 0 Å². The second kappa shape index (κ2) is 5.05. The van der Waals surface area contributed by atoms with E-state index < -0.39 is 0 Å². The van der Waals surface area contributed by atoms with Crippen LogP contribution in [0.1, 0.15) is 23.6 Å². The molecule has 0 saturated heterocycles. The fourth-order valence-electron chi connectivity index (χ4n) is 1.47. The lowest BCUT2D eigenvalue weighted by Crippen LogP contribution is -2.15. The topological polar surface area (TPSA) is 12.0 Å². The number of benzene rings is 1. The Bertz CT molecular complexity index is 332. The predicted octanol–water partition coefficient (Wildman–Crippen LogP) is 2.93. The van der Waals surface area contributed by atoms with Crippen molar-refractivity contribution in [3.05, 3.63) is 34.3 Å². The second-order valence-electron chi connectivity index (χ2n) is 3.31. The van der Waals surface area contributed by atoms with Crippen LogP contribution in [0, 0.1) is 19.3 Å². The van der Waals surface area contributed by atoms with Gasteiger partial charge in [0.05, 0.1) is 0 Å². The summed E-state index contributed by atoms with van der Waals surface area (Å²) in [5.74, 6) is 2.65. The molecule has 1 aromatic rings. The maximum absolute atomic E-state index is 5.97. The van der Waals surface area contributed by atoms with E-state index in [-0.39, 0.29) is 6.04 Å². The maximum Gasteiger partial charge on any atom is 0.0428 e. The molecule has 2 heteroatoms. The Morgan fingerprint density at radius 2 is 2.21 bits per heavy atom. The Morgan fingerprint density at radius 3 is 2.71 bits per heavy atom. The van der Waals surface area contributed by atoms with E-state index in [1.54, 1.807) is 0 Å². The van der Waals surface area contributed by atoms with Crippen molar-refractivity contribution in [1.29, 1.82) is 0 Å². The second-order valence-corrected chi connectivity index (χ2v) is 3.75. The first-order valence-electron chi connectivity index (χ1n) is 4.55. The first-order valence-corrected chi connectivity index (χ1v) is 4.93. The zero-order valence-corrected chi connectivity index (χ0v) is 9.23. The fourth-order valence-corrected chi connectivity index (χ4v) is 1.77. The molecule has 1 aromatic carbocycles. The largest absolute Gasteiger partial charge is 0.312 e. The smallest absolute Gasteiger partial charge is 0.0428 e. The summed E-state index contributed by atoms with van der Waals surface area (Å²) in [5.41, 5.74) is 2.31. The molecule has 1 rings (SSSR count). The van der Waals surface area contributed by atoms with Gasteiger partial charge >= 0.3 is 0 Å². The van der Waals surface area contributed by atoms with Crippen LogP contribution in [0.4, 0.5) is 0 Å². The molecule has 1 atom stereocenters. The zero-order chi connectivity index (χ0) is 10.6. The molecule has 0 amide bonds. The molecule has 0 bridgehead atoms. The van der Waals surface area contributed by atoms with Crippen LogP contribution in [0.25, 0.3) is 0 Å². The number of hydrogen-bond donors (Lipinski definition) is 1. The van der Waals surface area contributed by atoms with E-state index in [2.05, 4.69) is 17.3 Å². The Hall–Kier alpha value is -0.970. The summed E-state index contributed by atoms with van der Waals surface area (Å²) in [4.78, 5) is 0. The van der Waals surface area contributed by atoms with E-state index in [9.17, 15) is 0 Å². The van der Waals surface area contributed by atoms with Crippen LogP contribution in [0.3, 0.4) is 0 Å². The molecule has 0 aliphatic carbocycles. The van der Waals surface area contributed by atoms with Gasteiger partial charge in [0.1, 0.15) is 0 Å². The number of rotatable bonds is 3. The van der Waals surface area contributed by atoms with Crippen molar-refractivity contribution in [2.75, 3.05) is 7.05 Å². The predicted molar refractivity (Wildman–Crippen MR) is 61.4 cm³/mol. The van der Waals surface area contributed by atoms with Gasteiger partial charge in [0.25, 0.3) is 0 Å². The van der Waals surface area contributed by atoms with Gasteiger partial charge in [0, 0.05) is 17.5 Å². The Morgan fingerprint density at radius 1 is 1.50 bits per heavy atom. The van der Waals surface area contributed by atoms with Crippen LogP contribution >= 0.6 is 11.6 Å². The molecule has 0 spiro atoms. The van der Waals surface area contributed by atoms with Crippen molar-refractivity contribution >= 4 is 11.6 Å². The molecule has 1 N–H and O–H groups in total. The Labute approximate surface area is 90.5 Å². The summed E-state index contributed by atoms with van der Waals surface area (Å²) in [5, 5.41) is 3.93. The van der Waals surface area contributed by atoms with Gasteiger partial charge < -0.3 is 5.32 Å². The average molecular weight is 208 g/mol. The number of hydrogen-bond acceptors (Lipinski definition) is 1. The molecule has 14 heavy (non-hydrogen) atoms. The van der Waals surface area contributed by atoms with Gasteiger partial charge in [-0.1, -0.05) is 17.7 Å². The average Bonchev–Trinajstić information content (AvgIpc) is 2.12. The van der Waals surface area contributed by atoms with Crippen LogP contribution in [-0.2, 0) is 0 Å². The highest BCUT2D eigenvalue weighted by atomic mass is 35.5. The number of terminal acetylenes is 1. The van der Waals surface area contributed by atoms with Gasteiger partial charge in [0.15, 0.2) is 0 Å². The van der Waals surface area contributed by atoms with Crippen LogP contribution in [-0.4, -0.2) is 7.05 Å². The van der Waals surface area contributed by atoms with Crippen molar-refractivity contribution in [2.45, 2.75) is 19.4 Å². The maximum atomic E-state index is 5.97. The van der Waals surface area contributed by atoms with Gasteiger partial charge in [-0.2, -0.15) is 0 Å². The van der Waals surface area contributed by atoms with Gasteiger partial charge in [-0.3, -0.25) is 0 Å². The minimum Gasteiger partial charge on any atom is -0.312 e. The normalized spacial score (nSPS) is 12.1. The highest BCUT2D eigenvalue weighted by Gasteiger charge is 2.08. The summed E-state index contributed by atoms with van der Waals surface area (Å²) in [7, 11) is 1.90. The summed E-state index contributed by atoms with van der Waals surface area (Å²) >= 11 is 5.97. The van der Waals surface area contributed by atoms with E-state index in [1.165, 1.54) is 0 Å². The van der Waals surface area contributed by atoms with Crippen molar-refractivity contribution in [2.24, 2.45) is 0 Å². The minimum atomic E-state index is 0.192. The van der Waals surface area contributed by atoms with E-state index in [1.807, 2.05) is 26.1 Å². The molecule has 1 unspecified atom stereocenters. The van der Waals surface area contributed by atoms with Gasteiger partial charge in [-0.05, 0) is 37.2 Å². The molecule has 0 saturated carbocycles. The molecule has 0 aliphatic rings. The van der Waals surface area contributed by atoms with E-state index in [0.717, 1.165) is 16.1 Å². The van der Waals surface area contributed by atoms with Crippen molar-refractivity contribution in [1.82, 2.24) is 5.32 Å². The summed E-state index contributed by atoms with van der Waals surface area (Å²) < 4.78 is 0. The minimum absolute atomic E-state index is 0.192. The summed E-state index contributed by atoms with van der Waals surface area (Å²) in [6.45, 7) is 2.03. The molecule has 1 nitrogen and oxygen atoms in total. The third kappa shape index (κ3) is 2.77. The number of halogens is 1. The Balaban J connectivity index is 2.98. The monoisotopic (exact) mass is 207 g/mol. The molecule has 0 aliphatic heterocycles. The molecule has 0 aromatic heterocycles. The summed E-state index contributed by atoms with van der Waals surface area (Å²) in [6, 6.07) is 6.18. The molecule has 74 valence electrons. The fraction of sp³-hybridized carbons (Fsp3) is 0.333. The number of aryl methyl sites for hydroxylation is 1. The lowest BCUT2D eigenvalue weighted by atomic mass is 10.0. The van der Waals surface area contributed by atoms with E-state index in [0.29, 0.717) is 6.42 Å². The molecule has 0 fully saturated rings. The summed E-state index contributed by atoms with van der Waals surface area (Å²) in [6.07, 6.45) is 5.97.